The van der Waals surface area contributed by atoms with Crippen molar-refractivity contribution in [1.82, 2.24) is 5.43 Å². The molecule has 0 spiro atoms. The van der Waals surface area contributed by atoms with E-state index in [0.717, 1.165) is 25.6 Å². The molecule has 6 heteroatoms. The molecule has 0 aliphatic heterocycles. The summed E-state index contributed by atoms with van der Waals surface area (Å²) in [6.45, 7) is 4.06. The topological polar surface area (TPSA) is 53.5 Å². The van der Waals surface area contributed by atoms with E-state index < -0.39 is 0 Å². The second-order valence-corrected chi connectivity index (χ2v) is 6.97. The summed E-state index contributed by atoms with van der Waals surface area (Å²) in [6, 6.07) is 11.8. The number of aryl methyl sites for hydroxylation is 1. The predicted molar refractivity (Wildman–Crippen MR) is 92.0 cm³/mol. The van der Waals surface area contributed by atoms with Crippen molar-refractivity contribution in [2.45, 2.75) is 13.8 Å². The first-order valence-corrected chi connectivity index (χ1v) is 8.05. The Bertz CT molecular complexity index is 666. The van der Waals surface area contributed by atoms with Crippen molar-refractivity contribution in [2.24, 2.45) is 5.10 Å². The number of benzene rings is 1. The van der Waals surface area contributed by atoms with E-state index >= 15 is 0 Å². The van der Waals surface area contributed by atoms with Gasteiger partial charge in [-0.1, -0.05) is 18.2 Å². The molecule has 2 N–H and O–H groups in total. The Hall–Kier alpha value is -1.66. The Balaban J connectivity index is 1.86. The lowest BCUT2D eigenvalue weighted by Crippen LogP contribution is -2.26. The van der Waals surface area contributed by atoms with Crippen molar-refractivity contribution < 1.29 is 4.79 Å². The van der Waals surface area contributed by atoms with Crippen LogP contribution in [0.25, 0.3) is 0 Å². The Morgan fingerprint density at radius 1 is 1.29 bits per heavy atom. The average molecular weight is 366 g/mol. The van der Waals surface area contributed by atoms with Crippen LogP contribution in [0.5, 0.6) is 0 Å². The van der Waals surface area contributed by atoms with Crippen LogP contribution < -0.4 is 10.7 Å². The quantitative estimate of drug-likeness (QED) is 0.625. The number of rotatable bonds is 5. The first-order chi connectivity index (χ1) is 10.1. The molecule has 4 nitrogen and oxygen atoms in total. The minimum absolute atomic E-state index is 0.173. The summed E-state index contributed by atoms with van der Waals surface area (Å²) in [7, 11) is 0. The van der Waals surface area contributed by atoms with E-state index in [9.17, 15) is 4.79 Å². The van der Waals surface area contributed by atoms with Gasteiger partial charge in [0.1, 0.15) is 0 Å². The summed E-state index contributed by atoms with van der Waals surface area (Å²) in [4.78, 5) is 12.8. The van der Waals surface area contributed by atoms with E-state index in [1.54, 1.807) is 11.3 Å². The highest BCUT2D eigenvalue weighted by Gasteiger charge is 2.04. The summed E-state index contributed by atoms with van der Waals surface area (Å²) in [5, 5.41) is 7.20. The number of amides is 1. The van der Waals surface area contributed by atoms with Crippen LogP contribution in [0.3, 0.4) is 0 Å². The molecule has 1 aromatic heterocycles. The summed E-state index contributed by atoms with van der Waals surface area (Å²) < 4.78 is 1.04. The third-order valence-electron chi connectivity index (χ3n) is 2.86. The molecule has 0 atom stereocenters. The molecule has 0 saturated carbocycles. The van der Waals surface area contributed by atoms with Crippen LogP contribution in [0.2, 0.25) is 0 Å². The number of hydrazone groups is 1. The number of hydrogen-bond acceptors (Lipinski definition) is 4. The van der Waals surface area contributed by atoms with E-state index in [-0.39, 0.29) is 12.5 Å². The van der Waals surface area contributed by atoms with Gasteiger partial charge in [0.2, 0.25) is 0 Å². The van der Waals surface area contributed by atoms with Crippen LogP contribution in [0.1, 0.15) is 17.4 Å². The molecular formula is C15H16BrN3OS. The van der Waals surface area contributed by atoms with E-state index in [2.05, 4.69) is 31.8 Å². The average Bonchev–Trinajstić information content (AvgIpc) is 2.90. The van der Waals surface area contributed by atoms with Gasteiger partial charge in [0.15, 0.2) is 0 Å². The molecule has 2 rings (SSSR count). The van der Waals surface area contributed by atoms with Crippen LogP contribution in [-0.4, -0.2) is 18.2 Å². The number of carbonyl (C=O) groups excluding carboxylic acids is 1. The van der Waals surface area contributed by atoms with Crippen LogP contribution in [-0.2, 0) is 4.79 Å². The Labute approximate surface area is 136 Å². The molecule has 0 aliphatic rings. The van der Waals surface area contributed by atoms with E-state index in [1.165, 1.54) is 0 Å². The number of carbonyl (C=O) groups is 1. The number of thiophene rings is 1. The van der Waals surface area contributed by atoms with E-state index in [4.69, 9.17) is 0 Å². The van der Waals surface area contributed by atoms with Gasteiger partial charge >= 0.3 is 0 Å². The highest BCUT2D eigenvalue weighted by Crippen LogP contribution is 2.22. The van der Waals surface area contributed by atoms with Crippen molar-refractivity contribution >= 4 is 44.6 Å². The van der Waals surface area contributed by atoms with Gasteiger partial charge in [-0.25, -0.2) is 5.43 Å². The summed E-state index contributed by atoms with van der Waals surface area (Å²) >= 11 is 4.98. The van der Waals surface area contributed by atoms with Crippen LogP contribution in [0.15, 0.2) is 45.3 Å². The van der Waals surface area contributed by atoms with Gasteiger partial charge in [-0.2, -0.15) is 5.10 Å². The smallest absolute Gasteiger partial charge is 0.259 e. The van der Waals surface area contributed by atoms with Crippen molar-refractivity contribution in [3.8, 4) is 0 Å². The lowest BCUT2D eigenvalue weighted by molar-refractivity contribution is -0.119. The number of nitrogens with one attached hydrogen (secondary N) is 2. The molecule has 2 aromatic rings. The zero-order valence-electron chi connectivity index (χ0n) is 11.8. The maximum atomic E-state index is 11.8. The second-order valence-electron chi connectivity index (χ2n) is 4.50. The van der Waals surface area contributed by atoms with Crippen LogP contribution >= 0.6 is 27.3 Å². The molecule has 0 saturated heterocycles. The van der Waals surface area contributed by atoms with Crippen LogP contribution in [0.4, 0.5) is 5.69 Å². The molecule has 0 radical (unpaired) electrons. The molecule has 0 aliphatic carbocycles. The van der Waals surface area contributed by atoms with Gasteiger partial charge in [-0.3, -0.25) is 4.79 Å². The fourth-order valence-electron chi connectivity index (χ4n) is 1.70. The minimum Gasteiger partial charge on any atom is -0.376 e. The zero-order valence-corrected chi connectivity index (χ0v) is 14.2. The SMILES string of the molecule is C/C(=N/NC(=O)CNc1ccccc1C)c1ccc(Br)s1. The molecule has 1 amide bonds. The number of nitrogens with zero attached hydrogens (tertiary/aromatic N) is 1. The van der Waals surface area contributed by atoms with Gasteiger partial charge in [0.05, 0.1) is 20.9 Å². The van der Waals surface area contributed by atoms with E-state index in [0.29, 0.717) is 0 Å². The summed E-state index contributed by atoms with van der Waals surface area (Å²) in [5.41, 5.74) is 5.40. The first kappa shape index (κ1) is 15.7. The molecule has 0 fully saturated rings. The molecule has 0 bridgehead atoms. The van der Waals surface area contributed by atoms with Crippen LogP contribution in [0, 0.1) is 6.92 Å². The van der Waals surface area contributed by atoms with Gasteiger partial charge in [0.25, 0.3) is 5.91 Å². The lowest BCUT2D eigenvalue weighted by atomic mass is 10.2. The lowest BCUT2D eigenvalue weighted by Gasteiger charge is -2.08. The number of anilines is 1. The largest absolute Gasteiger partial charge is 0.376 e. The highest BCUT2D eigenvalue weighted by molar-refractivity contribution is 9.11. The monoisotopic (exact) mass is 365 g/mol. The predicted octanol–water partition coefficient (Wildman–Crippen LogP) is 3.77. The van der Waals surface area contributed by atoms with Crippen molar-refractivity contribution in [3.05, 3.63) is 50.6 Å². The fourth-order valence-corrected chi connectivity index (χ4v) is 3.03. The van der Waals surface area contributed by atoms with Gasteiger partial charge < -0.3 is 5.32 Å². The normalized spacial score (nSPS) is 11.3. The molecule has 21 heavy (non-hydrogen) atoms. The molecule has 1 heterocycles. The maximum absolute atomic E-state index is 11.8. The first-order valence-electron chi connectivity index (χ1n) is 6.44. The maximum Gasteiger partial charge on any atom is 0.259 e. The molecule has 0 unspecified atom stereocenters. The Morgan fingerprint density at radius 2 is 2.05 bits per heavy atom. The number of para-hydroxylation sites is 1. The number of hydrogen-bond donors (Lipinski definition) is 2. The Kier molecular flexibility index (Phi) is 5.52. The van der Waals surface area contributed by atoms with Gasteiger partial charge in [0, 0.05) is 5.69 Å². The third kappa shape index (κ3) is 4.68. The van der Waals surface area contributed by atoms with E-state index in [1.807, 2.05) is 50.2 Å². The molecule has 110 valence electrons. The standard InChI is InChI=1S/C15H16BrN3OS/c1-10-5-3-4-6-12(10)17-9-15(20)19-18-11(2)13-7-8-14(16)21-13/h3-8,17H,9H2,1-2H3,(H,19,20)/b18-11-. The second kappa shape index (κ2) is 7.38. The van der Waals surface area contributed by atoms with Crippen molar-refractivity contribution in [2.75, 3.05) is 11.9 Å². The minimum atomic E-state index is -0.173. The zero-order chi connectivity index (χ0) is 15.2. The highest BCUT2D eigenvalue weighted by atomic mass is 79.9. The molecular weight excluding hydrogens is 350 g/mol. The molecule has 1 aromatic carbocycles. The van der Waals surface area contributed by atoms with Gasteiger partial charge in [-0.05, 0) is 53.5 Å². The third-order valence-corrected chi connectivity index (χ3v) is 4.60. The summed E-state index contributed by atoms with van der Waals surface area (Å²) in [6.07, 6.45) is 0. The Morgan fingerprint density at radius 3 is 2.71 bits per heavy atom. The van der Waals surface area contributed by atoms with Crippen molar-refractivity contribution in [3.63, 3.8) is 0 Å². The number of halogens is 1. The fraction of sp³-hybridized carbons (Fsp3) is 0.200. The summed E-state index contributed by atoms with van der Waals surface area (Å²) in [5.74, 6) is -0.173. The van der Waals surface area contributed by atoms with Gasteiger partial charge in [-0.15, -0.1) is 11.3 Å². The van der Waals surface area contributed by atoms with Crippen molar-refractivity contribution in [1.29, 1.82) is 0 Å².